The molecule has 0 atom stereocenters. The molecule has 0 aliphatic heterocycles. The third-order valence-corrected chi connectivity index (χ3v) is 5.25. The fraction of sp³-hybridized carbons (Fsp3) is 0.632. The fourth-order valence-electron chi connectivity index (χ4n) is 3.31. The van der Waals surface area contributed by atoms with E-state index in [-0.39, 0.29) is 0 Å². The van der Waals surface area contributed by atoms with Crippen LogP contribution in [0.15, 0.2) is 17.1 Å². The second kappa shape index (κ2) is 8.83. The van der Waals surface area contributed by atoms with Crippen molar-refractivity contribution < 1.29 is 14.2 Å². The van der Waals surface area contributed by atoms with Gasteiger partial charge in [0.25, 0.3) is 0 Å². The lowest BCUT2D eigenvalue weighted by Crippen LogP contribution is -2.46. The average Bonchev–Trinajstić information content (AvgIpc) is 2.62. The first-order valence-corrected chi connectivity index (χ1v) is 8.85. The molecule has 0 spiro atoms. The number of rotatable bonds is 8. The molecule has 2 N–H and O–H groups in total. The number of methoxy groups -OCH3 is 3. The summed E-state index contributed by atoms with van der Waals surface area (Å²) in [6.45, 7) is 3.82. The lowest BCUT2D eigenvalue weighted by molar-refractivity contribution is 0.131. The Kier molecular flexibility index (Phi) is 6.79. The van der Waals surface area contributed by atoms with E-state index in [1.165, 1.54) is 25.7 Å². The molecule has 0 unspecified atom stereocenters. The van der Waals surface area contributed by atoms with Crippen LogP contribution in [0.5, 0.6) is 17.2 Å². The van der Waals surface area contributed by atoms with Gasteiger partial charge in [0.15, 0.2) is 17.5 Å². The standard InChI is InChI=1S/C19H31N3O3/c1-6-19(10-7-11-19)13-22-18(20-2)21-12-14-8-9-15(23-3)17(25-5)16(14)24-4/h8-9H,6-7,10-13H2,1-5H3,(H2,20,21,22). The number of hydrogen-bond acceptors (Lipinski definition) is 4. The lowest BCUT2D eigenvalue weighted by Gasteiger charge is -2.41. The highest BCUT2D eigenvalue weighted by Gasteiger charge is 2.34. The summed E-state index contributed by atoms with van der Waals surface area (Å²) in [5, 5.41) is 6.82. The summed E-state index contributed by atoms with van der Waals surface area (Å²) in [5.41, 5.74) is 1.43. The van der Waals surface area contributed by atoms with Crippen LogP contribution >= 0.6 is 0 Å². The van der Waals surface area contributed by atoms with Crippen LogP contribution in [0.2, 0.25) is 0 Å². The number of nitrogens with zero attached hydrogens (tertiary/aromatic N) is 1. The second-order valence-electron chi connectivity index (χ2n) is 6.48. The van der Waals surface area contributed by atoms with Crippen LogP contribution in [0.4, 0.5) is 0 Å². The average molecular weight is 349 g/mol. The summed E-state index contributed by atoms with van der Waals surface area (Å²) >= 11 is 0. The van der Waals surface area contributed by atoms with Gasteiger partial charge in [-0.3, -0.25) is 4.99 Å². The molecule has 2 rings (SSSR count). The van der Waals surface area contributed by atoms with Crippen molar-refractivity contribution in [2.45, 2.75) is 39.2 Å². The van der Waals surface area contributed by atoms with Crippen molar-refractivity contribution in [1.29, 1.82) is 0 Å². The van der Waals surface area contributed by atoms with E-state index >= 15 is 0 Å². The Morgan fingerprint density at radius 3 is 2.28 bits per heavy atom. The molecular weight excluding hydrogens is 318 g/mol. The molecular formula is C19H31N3O3. The monoisotopic (exact) mass is 349 g/mol. The molecule has 25 heavy (non-hydrogen) atoms. The van der Waals surface area contributed by atoms with Crippen molar-refractivity contribution in [2.24, 2.45) is 10.4 Å². The lowest BCUT2D eigenvalue weighted by atomic mass is 9.67. The molecule has 0 amide bonds. The molecule has 1 aromatic carbocycles. The molecule has 0 aromatic heterocycles. The molecule has 1 saturated carbocycles. The van der Waals surface area contributed by atoms with Gasteiger partial charge in [-0.1, -0.05) is 13.3 Å². The minimum absolute atomic E-state index is 0.443. The van der Waals surface area contributed by atoms with Crippen molar-refractivity contribution >= 4 is 5.96 Å². The number of guanidine groups is 1. The maximum Gasteiger partial charge on any atom is 0.203 e. The number of benzene rings is 1. The number of nitrogens with one attached hydrogen (secondary N) is 2. The summed E-state index contributed by atoms with van der Waals surface area (Å²) in [7, 11) is 6.65. The number of hydrogen-bond donors (Lipinski definition) is 2. The molecule has 140 valence electrons. The number of ether oxygens (including phenoxy) is 3. The Morgan fingerprint density at radius 2 is 1.80 bits per heavy atom. The van der Waals surface area contributed by atoms with Crippen LogP contribution in [0, 0.1) is 5.41 Å². The third-order valence-electron chi connectivity index (χ3n) is 5.25. The van der Waals surface area contributed by atoms with Gasteiger partial charge in [0.05, 0.1) is 21.3 Å². The summed E-state index contributed by atoms with van der Waals surface area (Å²) in [4.78, 5) is 4.33. The largest absolute Gasteiger partial charge is 0.493 e. The normalized spacial score (nSPS) is 16.0. The minimum Gasteiger partial charge on any atom is -0.493 e. The predicted molar refractivity (Wildman–Crippen MR) is 101 cm³/mol. The smallest absolute Gasteiger partial charge is 0.203 e. The molecule has 0 heterocycles. The second-order valence-corrected chi connectivity index (χ2v) is 6.48. The van der Waals surface area contributed by atoms with Gasteiger partial charge in [-0.05, 0) is 36.8 Å². The Bertz CT molecular complexity index is 592. The molecule has 1 fully saturated rings. The molecule has 6 nitrogen and oxygen atoms in total. The summed E-state index contributed by atoms with van der Waals surface area (Å²) in [5.74, 6) is 2.73. The van der Waals surface area contributed by atoms with Crippen LogP contribution in [-0.2, 0) is 6.54 Å². The van der Waals surface area contributed by atoms with Crippen LogP contribution < -0.4 is 24.8 Å². The summed E-state index contributed by atoms with van der Waals surface area (Å²) < 4.78 is 16.3. The highest BCUT2D eigenvalue weighted by Crippen LogP contribution is 2.43. The van der Waals surface area contributed by atoms with Crippen LogP contribution in [-0.4, -0.2) is 40.9 Å². The van der Waals surface area contributed by atoms with E-state index in [0.717, 1.165) is 18.1 Å². The van der Waals surface area contributed by atoms with E-state index < -0.39 is 0 Å². The highest BCUT2D eigenvalue weighted by molar-refractivity contribution is 5.79. The Labute approximate surface area is 151 Å². The van der Waals surface area contributed by atoms with E-state index in [1.54, 1.807) is 28.4 Å². The molecule has 1 aliphatic carbocycles. The Balaban J connectivity index is 2.01. The first-order valence-electron chi connectivity index (χ1n) is 8.85. The fourth-order valence-corrected chi connectivity index (χ4v) is 3.31. The first kappa shape index (κ1) is 19.2. The van der Waals surface area contributed by atoms with Crippen LogP contribution in [0.25, 0.3) is 0 Å². The third kappa shape index (κ3) is 4.30. The maximum atomic E-state index is 5.53. The van der Waals surface area contributed by atoms with E-state index in [1.807, 2.05) is 12.1 Å². The first-order chi connectivity index (χ1) is 12.1. The predicted octanol–water partition coefficient (Wildman–Crippen LogP) is 2.96. The van der Waals surface area contributed by atoms with E-state index in [2.05, 4.69) is 22.5 Å². The van der Waals surface area contributed by atoms with Crippen LogP contribution in [0.3, 0.4) is 0 Å². The van der Waals surface area contributed by atoms with Crippen LogP contribution in [0.1, 0.15) is 38.2 Å². The van der Waals surface area contributed by atoms with E-state index in [4.69, 9.17) is 14.2 Å². The zero-order chi connectivity index (χ0) is 18.3. The quantitative estimate of drug-likeness (QED) is 0.558. The van der Waals surface area contributed by atoms with Gasteiger partial charge in [0.2, 0.25) is 5.75 Å². The van der Waals surface area contributed by atoms with E-state index in [0.29, 0.717) is 29.2 Å². The SMILES string of the molecule is CCC1(CNC(=NC)NCc2ccc(OC)c(OC)c2OC)CCC1. The highest BCUT2D eigenvalue weighted by atomic mass is 16.5. The zero-order valence-electron chi connectivity index (χ0n) is 16.1. The van der Waals surface area contributed by atoms with Crippen molar-refractivity contribution in [1.82, 2.24) is 10.6 Å². The Morgan fingerprint density at radius 1 is 1.08 bits per heavy atom. The molecule has 1 aliphatic rings. The molecule has 0 saturated heterocycles. The summed E-state index contributed by atoms with van der Waals surface area (Å²) in [6, 6.07) is 3.86. The number of aliphatic imine (C=N–C) groups is 1. The minimum atomic E-state index is 0.443. The van der Waals surface area contributed by atoms with E-state index in [9.17, 15) is 0 Å². The maximum absolute atomic E-state index is 5.53. The van der Waals surface area contributed by atoms with Gasteiger partial charge in [-0.15, -0.1) is 0 Å². The molecule has 6 heteroatoms. The van der Waals surface area contributed by atoms with Crippen molar-refractivity contribution in [3.63, 3.8) is 0 Å². The summed E-state index contributed by atoms with van der Waals surface area (Å²) in [6.07, 6.45) is 5.15. The topological polar surface area (TPSA) is 64.1 Å². The molecule has 1 aromatic rings. The van der Waals surface area contributed by atoms with Crippen molar-refractivity contribution in [3.8, 4) is 17.2 Å². The molecule has 0 bridgehead atoms. The van der Waals surface area contributed by atoms with Gasteiger partial charge < -0.3 is 24.8 Å². The van der Waals surface area contributed by atoms with Gasteiger partial charge in [0, 0.05) is 25.7 Å². The van der Waals surface area contributed by atoms with Crippen molar-refractivity contribution in [2.75, 3.05) is 34.9 Å². The van der Waals surface area contributed by atoms with Gasteiger partial charge in [0.1, 0.15) is 0 Å². The van der Waals surface area contributed by atoms with Gasteiger partial charge in [-0.2, -0.15) is 0 Å². The van der Waals surface area contributed by atoms with Crippen molar-refractivity contribution in [3.05, 3.63) is 17.7 Å². The van der Waals surface area contributed by atoms with Gasteiger partial charge in [-0.25, -0.2) is 0 Å². The zero-order valence-corrected chi connectivity index (χ0v) is 16.1. The van der Waals surface area contributed by atoms with Gasteiger partial charge >= 0.3 is 0 Å². The Hall–Kier alpha value is -2.11. The molecule has 0 radical (unpaired) electrons.